The van der Waals surface area contributed by atoms with Crippen molar-refractivity contribution in [3.8, 4) is 0 Å². The van der Waals surface area contributed by atoms with Crippen molar-refractivity contribution in [1.82, 2.24) is 10.2 Å². The molecule has 1 fully saturated rings. The van der Waals surface area contributed by atoms with Crippen molar-refractivity contribution in [3.63, 3.8) is 0 Å². The fourth-order valence-electron chi connectivity index (χ4n) is 2.52. The molecule has 1 aromatic carbocycles. The Morgan fingerprint density at radius 1 is 0.952 bits per heavy atom. The van der Waals surface area contributed by atoms with Gasteiger partial charge in [0.1, 0.15) is 5.82 Å². The van der Waals surface area contributed by atoms with E-state index in [-0.39, 0.29) is 5.82 Å². The zero-order valence-electron chi connectivity index (χ0n) is 11.7. The molecular weight excluding hydrogens is 269 g/mol. The Morgan fingerprint density at radius 2 is 1.67 bits per heavy atom. The van der Waals surface area contributed by atoms with Crippen LogP contribution >= 0.6 is 0 Å². The maximum absolute atomic E-state index is 13.8. The molecule has 2 N–H and O–H groups in total. The van der Waals surface area contributed by atoms with Gasteiger partial charge in [0.2, 0.25) is 0 Å². The minimum atomic E-state index is -0.168. The minimum absolute atomic E-state index is 0.168. The number of para-hydroxylation sites is 1. The van der Waals surface area contributed by atoms with Gasteiger partial charge >= 0.3 is 0 Å². The Hall–Kier alpha value is -2.21. The Balaban J connectivity index is 1.66. The lowest BCUT2D eigenvalue weighted by molar-refractivity contribution is 0.595. The van der Waals surface area contributed by atoms with Crippen LogP contribution in [0.2, 0.25) is 0 Å². The Bertz CT molecular complexity index is 593. The number of hydrogen-bond acceptors (Lipinski definition) is 5. The van der Waals surface area contributed by atoms with Crippen molar-refractivity contribution >= 4 is 11.5 Å². The number of piperazine rings is 1. The smallest absolute Gasteiger partial charge is 0.151 e. The molecule has 0 unspecified atom stereocenters. The monoisotopic (exact) mass is 287 g/mol. The third-order valence-electron chi connectivity index (χ3n) is 3.71. The quantitative estimate of drug-likeness (QED) is 0.925. The molecule has 6 heteroatoms. The highest BCUT2D eigenvalue weighted by Gasteiger charge is 2.20. The van der Waals surface area contributed by atoms with E-state index in [0.717, 1.165) is 37.7 Å². The van der Waals surface area contributed by atoms with E-state index in [1.807, 2.05) is 24.3 Å². The van der Waals surface area contributed by atoms with Crippen LogP contribution in [0.3, 0.4) is 0 Å². The maximum atomic E-state index is 13.8. The molecule has 2 heterocycles. The van der Waals surface area contributed by atoms with E-state index < -0.39 is 0 Å². The van der Waals surface area contributed by atoms with Crippen LogP contribution in [0.5, 0.6) is 0 Å². The first kappa shape index (κ1) is 13.8. The summed E-state index contributed by atoms with van der Waals surface area (Å²) in [5, 5.41) is 8.27. The number of benzene rings is 1. The summed E-state index contributed by atoms with van der Waals surface area (Å²) in [6.45, 7) is 3.52. The number of nitrogens with two attached hydrogens (primary N) is 1. The molecular formula is C15H18FN5. The van der Waals surface area contributed by atoms with Gasteiger partial charge in [-0.05, 0) is 24.3 Å². The first-order valence-electron chi connectivity index (χ1n) is 7.05. The first-order valence-corrected chi connectivity index (χ1v) is 7.05. The molecule has 0 radical (unpaired) electrons. The van der Waals surface area contributed by atoms with E-state index in [0.29, 0.717) is 12.2 Å². The third kappa shape index (κ3) is 2.95. The number of halogens is 1. The average Bonchev–Trinajstić information content (AvgIpc) is 2.56. The van der Waals surface area contributed by atoms with Gasteiger partial charge < -0.3 is 15.5 Å². The summed E-state index contributed by atoms with van der Waals surface area (Å²) < 4.78 is 13.8. The molecule has 2 aromatic rings. The van der Waals surface area contributed by atoms with E-state index in [4.69, 9.17) is 5.73 Å². The Kier molecular flexibility index (Phi) is 3.96. The fraction of sp³-hybridized carbons (Fsp3) is 0.333. The summed E-state index contributed by atoms with van der Waals surface area (Å²) in [6, 6.07) is 10.7. The highest BCUT2D eigenvalue weighted by atomic mass is 19.1. The van der Waals surface area contributed by atoms with E-state index in [1.165, 1.54) is 6.07 Å². The third-order valence-corrected chi connectivity index (χ3v) is 3.71. The van der Waals surface area contributed by atoms with Gasteiger partial charge in [-0.1, -0.05) is 12.1 Å². The molecule has 0 spiro atoms. The fourth-order valence-corrected chi connectivity index (χ4v) is 2.52. The molecule has 1 aliphatic heterocycles. The summed E-state index contributed by atoms with van der Waals surface area (Å²) >= 11 is 0. The van der Waals surface area contributed by atoms with Gasteiger partial charge in [0, 0.05) is 32.7 Å². The van der Waals surface area contributed by atoms with Crippen LogP contribution in [0.15, 0.2) is 36.4 Å². The largest absolute Gasteiger partial charge is 0.366 e. The van der Waals surface area contributed by atoms with Crippen LogP contribution in [0.4, 0.5) is 15.9 Å². The zero-order valence-corrected chi connectivity index (χ0v) is 11.7. The molecule has 0 amide bonds. The molecule has 0 saturated carbocycles. The van der Waals surface area contributed by atoms with Crippen LogP contribution < -0.4 is 15.5 Å². The lowest BCUT2D eigenvalue weighted by Gasteiger charge is -2.36. The second kappa shape index (κ2) is 6.05. The standard InChI is InChI=1S/C15H18FN5/c16-13-3-1-2-4-14(13)20-7-9-21(10-8-20)15-6-5-12(11-17)18-19-15/h1-6H,7-11,17H2. The van der Waals surface area contributed by atoms with E-state index in [1.54, 1.807) is 6.07 Å². The van der Waals surface area contributed by atoms with Gasteiger partial charge in [-0.3, -0.25) is 0 Å². The molecule has 1 saturated heterocycles. The second-order valence-corrected chi connectivity index (χ2v) is 5.01. The van der Waals surface area contributed by atoms with E-state index >= 15 is 0 Å². The second-order valence-electron chi connectivity index (χ2n) is 5.01. The number of hydrogen-bond donors (Lipinski definition) is 1. The Morgan fingerprint density at radius 3 is 2.29 bits per heavy atom. The van der Waals surface area contributed by atoms with Crippen molar-refractivity contribution in [2.45, 2.75) is 6.54 Å². The summed E-state index contributed by atoms with van der Waals surface area (Å²) in [5.41, 5.74) is 6.97. The zero-order chi connectivity index (χ0) is 14.7. The summed E-state index contributed by atoms with van der Waals surface area (Å²) in [4.78, 5) is 4.22. The lowest BCUT2D eigenvalue weighted by atomic mass is 10.2. The molecule has 21 heavy (non-hydrogen) atoms. The highest BCUT2D eigenvalue weighted by molar-refractivity contribution is 5.50. The van der Waals surface area contributed by atoms with Crippen molar-refractivity contribution in [3.05, 3.63) is 47.9 Å². The van der Waals surface area contributed by atoms with Crippen molar-refractivity contribution in [2.75, 3.05) is 36.0 Å². The number of aromatic nitrogens is 2. The van der Waals surface area contributed by atoms with Gasteiger partial charge in [-0.25, -0.2) is 4.39 Å². The topological polar surface area (TPSA) is 58.3 Å². The molecule has 0 atom stereocenters. The molecule has 0 aliphatic carbocycles. The van der Waals surface area contributed by atoms with E-state index in [9.17, 15) is 4.39 Å². The van der Waals surface area contributed by atoms with Crippen LogP contribution in [0.1, 0.15) is 5.69 Å². The van der Waals surface area contributed by atoms with Crippen molar-refractivity contribution in [2.24, 2.45) is 5.73 Å². The lowest BCUT2D eigenvalue weighted by Crippen LogP contribution is -2.47. The van der Waals surface area contributed by atoms with Gasteiger partial charge in [0.05, 0.1) is 11.4 Å². The number of rotatable bonds is 3. The van der Waals surface area contributed by atoms with Crippen LogP contribution in [-0.4, -0.2) is 36.4 Å². The van der Waals surface area contributed by atoms with Gasteiger partial charge in [0.15, 0.2) is 5.82 Å². The number of anilines is 2. The van der Waals surface area contributed by atoms with Crippen molar-refractivity contribution in [1.29, 1.82) is 0 Å². The summed E-state index contributed by atoms with van der Waals surface area (Å²) in [5.74, 6) is 0.679. The predicted molar refractivity (Wildman–Crippen MR) is 80.7 cm³/mol. The maximum Gasteiger partial charge on any atom is 0.151 e. The van der Waals surface area contributed by atoms with Crippen LogP contribution in [-0.2, 0) is 6.54 Å². The Labute approximate surface area is 123 Å². The first-order chi connectivity index (χ1) is 10.3. The molecule has 1 aliphatic rings. The highest BCUT2D eigenvalue weighted by Crippen LogP contribution is 2.21. The normalized spacial score (nSPS) is 15.3. The molecule has 5 nitrogen and oxygen atoms in total. The van der Waals surface area contributed by atoms with Gasteiger partial charge in [-0.15, -0.1) is 5.10 Å². The summed E-state index contributed by atoms with van der Waals surface area (Å²) in [7, 11) is 0. The summed E-state index contributed by atoms with van der Waals surface area (Å²) in [6.07, 6.45) is 0. The predicted octanol–water partition coefficient (Wildman–Crippen LogP) is 1.40. The molecule has 0 bridgehead atoms. The van der Waals surface area contributed by atoms with Crippen molar-refractivity contribution < 1.29 is 4.39 Å². The van der Waals surface area contributed by atoms with Crippen LogP contribution in [0, 0.1) is 5.82 Å². The molecule has 1 aromatic heterocycles. The molecule has 110 valence electrons. The minimum Gasteiger partial charge on any atom is -0.366 e. The van der Waals surface area contributed by atoms with Gasteiger partial charge in [0.25, 0.3) is 0 Å². The average molecular weight is 287 g/mol. The molecule has 3 rings (SSSR count). The SMILES string of the molecule is NCc1ccc(N2CCN(c3ccccc3F)CC2)nn1. The van der Waals surface area contributed by atoms with E-state index in [2.05, 4.69) is 20.0 Å². The van der Waals surface area contributed by atoms with Gasteiger partial charge in [-0.2, -0.15) is 5.10 Å². The van der Waals surface area contributed by atoms with Crippen LogP contribution in [0.25, 0.3) is 0 Å². The number of nitrogens with zero attached hydrogens (tertiary/aromatic N) is 4.